The third kappa shape index (κ3) is 2.53. The molecule has 1 unspecified atom stereocenters. The van der Waals surface area contributed by atoms with Crippen LogP contribution in [0.3, 0.4) is 0 Å². The second kappa shape index (κ2) is 4.01. The fourth-order valence-electron chi connectivity index (χ4n) is 1.16. The molecular formula is C10H10FNO. The Labute approximate surface area is 76.2 Å². The lowest BCUT2D eigenvalue weighted by atomic mass is 10.0. The zero-order valence-electron chi connectivity index (χ0n) is 7.29. The predicted octanol–water partition coefficient (Wildman–Crippen LogP) is 1.62. The molecule has 2 nitrogen and oxygen atoms in total. The van der Waals surface area contributed by atoms with E-state index in [1.165, 1.54) is 18.2 Å². The molecule has 3 heteroatoms. The van der Waals surface area contributed by atoms with Crippen LogP contribution in [-0.4, -0.2) is 11.2 Å². The molecule has 0 fully saturated rings. The normalized spacial score (nSPS) is 12.2. The maximum Gasteiger partial charge on any atom is 0.123 e. The van der Waals surface area contributed by atoms with Crippen molar-refractivity contribution < 1.29 is 9.50 Å². The SMILES string of the molecule is CC(O)Cc1cc(F)ccc1C#N. The average molecular weight is 179 g/mol. The fourth-order valence-corrected chi connectivity index (χ4v) is 1.16. The molecule has 1 N–H and O–H groups in total. The van der Waals surface area contributed by atoms with E-state index in [1.807, 2.05) is 6.07 Å². The molecular weight excluding hydrogens is 169 g/mol. The summed E-state index contributed by atoms with van der Waals surface area (Å²) in [6.45, 7) is 1.60. The molecule has 0 aliphatic heterocycles. The van der Waals surface area contributed by atoms with Crippen molar-refractivity contribution in [3.63, 3.8) is 0 Å². The van der Waals surface area contributed by atoms with Gasteiger partial charge in [0.05, 0.1) is 17.7 Å². The summed E-state index contributed by atoms with van der Waals surface area (Å²) in [5.74, 6) is -0.380. The van der Waals surface area contributed by atoms with E-state index in [1.54, 1.807) is 6.92 Å². The van der Waals surface area contributed by atoms with Crippen molar-refractivity contribution >= 4 is 0 Å². The van der Waals surface area contributed by atoms with Gasteiger partial charge in [-0.1, -0.05) is 0 Å². The minimum atomic E-state index is -0.561. The minimum absolute atomic E-state index is 0.306. The molecule has 0 bridgehead atoms. The van der Waals surface area contributed by atoms with E-state index in [0.717, 1.165) is 0 Å². The van der Waals surface area contributed by atoms with Crippen LogP contribution in [0, 0.1) is 17.1 Å². The third-order valence-electron chi connectivity index (χ3n) is 1.70. The summed E-state index contributed by atoms with van der Waals surface area (Å²) in [6, 6.07) is 5.90. The standard InChI is InChI=1S/C10H10FNO/c1-7(13)4-9-5-10(11)3-2-8(9)6-12/h2-3,5,7,13H,4H2,1H3. The molecule has 0 aliphatic carbocycles. The molecule has 0 amide bonds. The summed E-state index contributed by atoms with van der Waals surface area (Å²) in [5.41, 5.74) is 0.972. The van der Waals surface area contributed by atoms with E-state index < -0.39 is 6.10 Å². The van der Waals surface area contributed by atoms with E-state index in [2.05, 4.69) is 0 Å². The Hall–Kier alpha value is -1.40. The van der Waals surface area contributed by atoms with Crippen LogP contribution >= 0.6 is 0 Å². The summed E-state index contributed by atoms with van der Waals surface area (Å²) < 4.78 is 12.7. The van der Waals surface area contributed by atoms with Gasteiger partial charge < -0.3 is 5.11 Å². The van der Waals surface area contributed by atoms with Crippen LogP contribution in [0.2, 0.25) is 0 Å². The number of benzene rings is 1. The zero-order valence-corrected chi connectivity index (χ0v) is 7.29. The molecule has 0 aliphatic rings. The van der Waals surface area contributed by atoms with E-state index in [9.17, 15) is 4.39 Å². The number of hydrogen-bond acceptors (Lipinski definition) is 2. The van der Waals surface area contributed by atoms with Gasteiger partial charge in [-0.2, -0.15) is 5.26 Å². The third-order valence-corrected chi connectivity index (χ3v) is 1.70. The Morgan fingerprint density at radius 1 is 1.62 bits per heavy atom. The minimum Gasteiger partial charge on any atom is -0.393 e. The fraction of sp³-hybridized carbons (Fsp3) is 0.300. The monoisotopic (exact) mass is 179 g/mol. The number of nitrogens with zero attached hydrogens (tertiary/aromatic N) is 1. The number of halogens is 1. The first-order valence-electron chi connectivity index (χ1n) is 4.00. The van der Waals surface area contributed by atoms with E-state index in [4.69, 9.17) is 10.4 Å². The molecule has 0 heterocycles. The largest absolute Gasteiger partial charge is 0.393 e. The number of aliphatic hydroxyl groups is 1. The van der Waals surface area contributed by atoms with Crippen LogP contribution in [-0.2, 0) is 6.42 Å². The van der Waals surface area contributed by atoms with Gasteiger partial charge in [-0.25, -0.2) is 4.39 Å². The van der Waals surface area contributed by atoms with Gasteiger partial charge in [0.1, 0.15) is 5.82 Å². The van der Waals surface area contributed by atoms with Crippen molar-refractivity contribution in [1.82, 2.24) is 0 Å². The van der Waals surface area contributed by atoms with E-state index >= 15 is 0 Å². The Balaban J connectivity index is 3.03. The van der Waals surface area contributed by atoms with Gasteiger partial charge in [-0.15, -0.1) is 0 Å². The summed E-state index contributed by atoms with van der Waals surface area (Å²) >= 11 is 0. The highest BCUT2D eigenvalue weighted by molar-refractivity contribution is 5.38. The first kappa shape index (κ1) is 9.69. The maximum atomic E-state index is 12.7. The second-order valence-corrected chi connectivity index (χ2v) is 2.97. The number of rotatable bonds is 2. The molecule has 0 radical (unpaired) electrons. The smallest absolute Gasteiger partial charge is 0.123 e. The Bertz CT molecular complexity index is 341. The van der Waals surface area contributed by atoms with Gasteiger partial charge in [0, 0.05) is 0 Å². The maximum absolute atomic E-state index is 12.7. The molecule has 1 aromatic rings. The van der Waals surface area contributed by atoms with Crippen molar-refractivity contribution in [3.8, 4) is 6.07 Å². The lowest BCUT2D eigenvalue weighted by Gasteiger charge is -2.05. The molecule has 0 saturated carbocycles. The van der Waals surface area contributed by atoms with Crippen molar-refractivity contribution in [2.75, 3.05) is 0 Å². The number of hydrogen-bond donors (Lipinski definition) is 1. The van der Waals surface area contributed by atoms with Gasteiger partial charge >= 0.3 is 0 Å². The topological polar surface area (TPSA) is 44.0 Å². The van der Waals surface area contributed by atoms with E-state index in [0.29, 0.717) is 17.5 Å². The molecule has 0 saturated heterocycles. The molecule has 1 aromatic carbocycles. The van der Waals surface area contributed by atoms with Gasteiger partial charge in [0.25, 0.3) is 0 Å². The van der Waals surface area contributed by atoms with Gasteiger partial charge in [-0.3, -0.25) is 0 Å². The summed E-state index contributed by atoms with van der Waals surface area (Å²) in [5, 5.41) is 17.8. The highest BCUT2D eigenvalue weighted by Gasteiger charge is 2.06. The van der Waals surface area contributed by atoms with Crippen LogP contribution in [0.15, 0.2) is 18.2 Å². The van der Waals surface area contributed by atoms with Crippen LogP contribution in [0.5, 0.6) is 0 Å². The molecule has 68 valence electrons. The van der Waals surface area contributed by atoms with Gasteiger partial charge in [0.2, 0.25) is 0 Å². The molecule has 0 spiro atoms. The first-order valence-corrected chi connectivity index (χ1v) is 4.00. The van der Waals surface area contributed by atoms with Crippen molar-refractivity contribution in [1.29, 1.82) is 5.26 Å². The highest BCUT2D eigenvalue weighted by atomic mass is 19.1. The van der Waals surface area contributed by atoms with Crippen LogP contribution < -0.4 is 0 Å². The Morgan fingerprint density at radius 3 is 2.85 bits per heavy atom. The predicted molar refractivity (Wildman–Crippen MR) is 46.5 cm³/mol. The van der Waals surface area contributed by atoms with Crippen LogP contribution in [0.25, 0.3) is 0 Å². The van der Waals surface area contributed by atoms with Crippen LogP contribution in [0.4, 0.5) is 4.39 Å². The van der Waals surface area contributed by atoms with Crippen molar-refractivity contribution in [2.45, 2.75) is 19.4 Å². The summed E-state index contributed by atoms with van der Waals surface area (Å²) in [7, 11) is 0. The molecule has 1 atom stereocenters. The Kier molecular flexibility index (Phi) is 2.99. The van der Waals surface area contributed by atoms with Crippen molar-refractivity contribution in [2.24, 2.45) is 0 Å². The zero-order chi connectivity index (χ0) is 9.84. The second-order valence-electron chi connectivity index (χ2n) is 2.97. The lowest BCUT2D eigenvalue weighted by Crippen LogP contribution is -2.06. The lowest BCUT2D eigenvalue weighted by molar-refractivity contribution is 0.195. The quantitative estimate of drug-likeness (QED) is 0.749. The first-order chi connectivity index (χ1) is 6.13. The highest BCUT2D eigenvalue weighted by Crippen LogP contribution is 2.12. The number of nitriles is 1. The van der Waals surface area contributed by atoms with E-state index in [-0.39, 0.29) is 5.82 Å². The molecule has 1 rings (SSSR count). The Morgan fingerprint density at radius 2 is 2.31 bits per heavy atom. The summed E-state index contributed by atoms with van der Waals surface area (Å²) in [4.78, 5) is 0. The van der Waals surface area contributed by atoms with Crippen molar-refractivity contribution in [3.05, 3.63) is 35.1 Å². The molecule has 13 heavy (non-hydrogen) atoms. The summed E-state index contributed by atoms with van der Waals surface area (Å²) in [6.07, 6.45) is -0.255. The average Bonchev–Trinajstić information content (AvgIpc) is 2.03. The molecule has 0 aromatic heterocycles. The van der Waals surface area contributed by atoms with Gasteiger partial charge in [0.15, 0.2) is 0 Å². The van der Waals surface area contributed by atoms with Crippen LogP contribution in [0.1, 0.15) is 18.1 Å². The number of aliphatic hydroxyl groups excluding tert-OH is 1. The van der Waals surface area contributed by atoms with Gasteiger partial charge in [-0.05, 0) is 37.1 Å².